The van der Waals surface area contributed by atoms with Gasteiger partial charge in [0.25, 0.3) is 0 Å². The van der Waals surface area contributed by atoms with Crippen molar-refractivity contribution in [2.45, 2.75) is 13.2 Å². The summed E-state index contributed by atoms with van der Waals surface area (Å²) in [7, 11) is 0. The number of hydrogen-bond acceptors (Lipinski definition) is 3. The van der Waals surface area contributed by atoms with Crippen LogP contribution in [0.15, 0.2) is 42.5 Å². The van der Waals surface area contributed by atoms with E-state index in [4.69, 9.17) is 27.9 Å². The monoisotopic (exact) mass is 310 g/mol. The summed E-state index contributed by atoms with van der Waals surface area (Å²) in [4.78, 5) is 15.4. The average molecular weight is 311 g/mol. The fourth-order valence-electron chi connectivity index (χ4n) is 1.56. The molecule has 1 aromatic carbocycles. The van der Waals surface area contributed by atoms with Gasteiger partial charge in [-0.1, -0.05) is 53.5 Å². The highest BCUT2D eigenvalue weighted by Gasteiger charge is 2.04. The molecule has 1 N–H and O–H groups in total. The highest BCUT2D eigenvalue weighted by atomic mass is 35.5. The minimum atomic E-state index is -0.502. The van der Waals surface area contributed by atoms with E-state index < -0.39 is 6.09 Å². The van der Waals surface area contributed by atoms with E-state index in [1.807, 2.05) is 30.3 Å². The molecule has 0 fully saturated rings. The van der Waals surface area contributed by atoms with Crippen LogP contribution in [0, 0.1) is 0 Å². The lowest BCUT2D eigenvalue weighted by Gasteiger charge is -2.07. The number of amides is 1. The predicted molar refractivity (Wildman–Crippen MR) is 77.7 cm³/mol. The molecule has 1 aromatic heterocycles. The first-order valence-electron chi connectivity index (χ1n) is 5.90. The van der Waals surface area contributed by atoms with Crippen molar-refractivity contribution in [3.05, 3.63) is 63.9 Å². The van der Waals surface area contributed by atoms with Crippen molar-refractivity contribution in [3.63, 3.8) is 0 Å². The SMILES string of the molecule is O=C(NCc1cc(Cl)nc(Cl)c1)OCc1ccccc1. The molecule has 0 aliphatic heterocycles. The second kappa shape index (κ2) is 7.12. The summed E-state index contributed by atoms with van der Waals surface area (Å²) in [6, 6.07) is 12.7. The first kappa shape index (κ1) is 14.6. The number of nitrogens with zero attached hydrogens (tertiary/aromatic N) is 1. The lowest BCUT2D eigenvalue weighted by molar-refractivity contribution is 0.139. The number of hydrogen-bond donors (Lipinski definition) is 1. The average Bonchev–Trinajstić information content (AvgIpc) is 2.43. The van der Waals surface area contributed by atoms with Gasteiger partial charge >= 0.3 is 6.09 Å². The summed E-state index contributed by atoms with van der Waals surface area (Å²) in [5.41, 5.74) is 1.68. The summed E-state index contributed by atoms with van der Waals surface area (Å²) >= 11 is 11.5. The Kier molecular flexibility index (Phi) is 5.21. The Hall–Kier alpha value is -1.78. The zero-order valence-electron chi connectivity index (χ0n) is 10.5. The molecular weight excluding hydrogens is 299 g/mol. The van der Waals surface area contributed by atoms with Crippen LogP contribution in [0.2, 0.25) is 10.3 Å². The Labute approximate surface area is 126 Å². The molecule has 2 aromatic rings. The summed E-state index contributed by atoms with van der Waals surface area (Å²) in [6.07, 6.45) is -0.502. The number of carbonyl (C=O) groups is 1. The molecule has 1 heterocycles. The number of halogens is 2. The third kappa shape index (κ3) is 4.72. The predicted octanol–water partition coefficient (Wildman–Crippen LogP) is 3.81. The lowest BCUT2D eigenvalue weighted by Crippen LogP contribution is -2.23. The van der Waals surface area contributed by atoms with Gasteiger partial charge in [-0.15, -0.1) is 0 Å². The van der Waals surface area contributed by atoms with Crippen molar-refractivity contribution >= 4 is 29.3 Å². The molecule has 4 nitrogen and oxygen atoms in total. The van der Waals surface area contributed by atoms with Crippen molar-refractivity contribution in [2.24, 2.45) is 0 Å². The maximum Gasteiger partial charge on any atom is 0.407 e. The molecule has 0 unspecified atom stereocenters. The molecule has 2 rings (SSSR count). The fourth-order valence-corrected chi connectivity index (χ4v) is 2.07. The summed E-state index contributed by atoms with van der Waals surface area (Å²) < 4.78 is 5.08. The minimum absolute atomic E-state index is 0.227. The summed E-state index contributed by atoms with van der Waals surface area (Å²) in [5.74, 6) is 0. The summed E-state index contributed by atoms with van der Waals surface area (Å²) in [5, 5.41) is 3.19. The number of rotatable bonds is 4. The van der Waals surface area contributed by atoms with E-state index in [9.17, 15) is 4.79 Å². The van der Waals surface area contributed by atoms with Gasteiger partial charge in [0.05, 0.1) is 0 Å². The van der Waals surface area contributed by atoms with E-state index in [1.54, 1.807) is 12.1 Å². The maximum atomic E-state index is 11.5. The number of pyridine rings is 1. The Morgan fingerprint density at radius 1 is 1.10 bits per heavy atom. The first-order chi connectivity index (χ1) is 9.63. The first-order valence-corrected chi connectivity index (χ1v) is 6.65. The van der Waals surface area contributed by atoms with Crippen molar-refractivity contribution in [1.29, 1.82) is 0 Å². The van der Waals surface area contributed by atoms with Gasteiger partial charge in [0, 0.05) is 6.54 Å². The molecule has 0 radical (unpaired) electrons. The van der Waals surface area contributed by atoms with Crippen LogP contribution in [0.5, 0.6) is 0 Å². The van der Waals surface area contributed by atoms with Crippen LogP contribution in [0.3, 0.4) is 0 Å². The van der Waals surface area contributed by atoms with Crippen LogP contribution in [0.4, 0.5) is 4.79 Å². The number of benzene rings is 1. The molecule has 0 saturated carbocycles. The molecule has 20 heavy (non-hydrogen) atoms. The van der Waals surface area contributed by atoms with Crippen LogP contribution >= 0.6 is 23.2 Å². The normalized spacial score (nSPS) is 10.1. The van der Waals surface area contributed by atoms with Gasteiger partial charge < -0.3 is 10.1 Å². The molecule has 104 valence electrons. The van der Waals surface area contributed by atoms with Crippen molar-refractivity contribution in [3.8, 4) is 0 Å². The van der Waals surface area contributed by atoms with Crippen LogP contribution in [0.25, 0.3) is 0 Å². The van der Waals surface area contributed by atoms with Crippen molar-refractivity contribution < 1.29 is 9.53 Å². The third-order valence-corrected chi connectivity index (χ3v) is 2.86. The second-order valence-corrected chi connectivity index (χ2v) is 4.81. The van der Waals surface area contributed by atoms with Gasteiger partial charge in [-0.25, -0.2) is 9.78 Å². The number of aromatic nitrogens is 1. The molecule has 0 bridgehead atoms. The largest absolute Gasteiger partial charge is 0.445 e. The van der Waals surface area contributed by atoms with Crippen molar-refractivity contribution in [1.82, 2.24) is 10.3 Å². The van der Waals surface area contributed by atoms with Gasteiger partial charge in [0.1, 0.15) is 16.9 Å². The maximum absolute atomic E-state index is 11.5. The van der Waals surface area contributed by atoms with Gasteiger partial charge in [0.2, 0.25) is 0 Å². The Balaban J connectivity index is 1.80. The Morgan fingerprint density at radius 3 is 2.40 bits per heavy atom. The standard InChI is InChI=1S/C14H12Cl2N2O2/c15-12-6-11(7-13(16)18-12)8-17-14(19)20-9-10-4-2-1-3-5-10/h1-7H,8-9H2,(H,17,19). The molecule has 1 amide bonds. The highest BCUT2D eigenvalue weighted by Crippen LogP contribution is 2.14. The number of ether oxygens (including phenoxy) is 1. The molecule has 0 spiro atoms. The van der Waals surface area contributed by atoms with Crippen LogP contribution in [-0.2, 0) is 17.9 Å². The van der Waals surface area contributed by atoms with E-state index in [0.29, 0.717) is 0 Å². The lowest BCUT2D eigenvalue weighted by atomic mass is 10.2. The zero-order chi connectivity index (χ0) is 14.4. The van der Waals surface area contributed by atoms with Crippen LogP contribution in [0.1, 0.15) is 11.1 Å². The van der Waals surface area contributed by atoms with E-state index in [2.05, 4.69) is 10.3 Å². The number of nitrogens with one attached hydrogen (secondary N) is 1. The highest BCUT2D eigenvalue weighted by molar-refractivity contribution is 6.32. The van der Waals surface area contributed by atoms with Gasteiger partial charge in [0.15, 0.2) is 0 Å². The van der Waals surface area contributed by atoms with E-state index in [1.165, 1.54) is 0 Å². The molecule has 0 aliphatic rings. The quantitative estimate of drug-likeness (QED) is 0.873. The van der Waals surface area contributed by atoms with E-state index in [0.717, 1.165) is 11.1 Å². The smallest absolute Gasteiger partial charge is 0.407 e. The number of carbonyl (C=O) groups excluding carboxylic acids is 1. The molecule has 0 aliphatic carbocycles. The van der Waals surface area contributed by atoms with Crippen molar-refractivity contribution in [2.75, 3.05) is 0 Å². The van der Waals surface area contributed by atoms with Gasteiger partial charge in [-0.3, -0.25) is 0 Å². The molecule has 0 atom stereocenters. The van der Waals surface area contributed by atoms with Gasteiger partial charge in [-0.05, 0) is 23.3 Å². The molecular formula is C14H12Cl2N2O2. The zero-order valence-corrected chi connectivity index (χ0v) is 12.0. The third-order valence-electron chi connectivity index (χ3n) is 2.47. The minimum Gasteiger partial charge on any atom is -0.445 e. The Bertz CT molecular complexity index is 571. The van der Waals surface area contributed by atoms with Crippen LogP contribution < -0.4 is 5.32 Å². The molecule has 0 saturated heterocycles. The fraction of sp³-hybridized carbons (Fsp3) is 0.143. The summed E-state index contributed by atoms with van der Waals surface area (Å²) in [6.45, 7) is 0.500. The van der Waals surface area contributed by atoms with Crippen LogP contribution in [-0.4, -0.2) is 11.1 Å². The van der Waals surface area contributed by atoms with E-state index >= 15 is 0 Å². The number of alkyl carbamates (subject to hydrolysis) is 1. The Morgan fingerprint density at radius 2 is 1.75 bits per heavy atom. The second-order valence-electron chi connectivity index (χ2n) is 4.04. The topological polar surface area (TPSA) is 51.2 Å². The molecule has 6 heteroatoms. The van der Waals surface area contributed by atoms with Gasteiger partial charge in [-0.2, -0.15) is 0 Å². The van der Waals surface area contributed by atoms with E-state index in [-0.39, 0.29) is 23.5 Å².